The average molecular weight is 364 g/mol. The van der Waals surface area contributed by atoms with Crippen molar-refractivity contribution in [1.82, 2.24) is 10.2 Å². The zero-order valence-electron chi connectivity index (χ0n) is 12.9. The normalized spacial score (nSPS) is 15.5. The minimum absolute atomic E-state index is 0.133. The summed E-state index contributed by atoms with van der Waals surface area (Å²) in [5, 5.41) is 4.08. The van der Waals surface area contributed by atoms with Crippen LogP contribution in [0.4, 0.5) is 5.69 Å². The second kappa shape index (κ2) is 7.11. The molecule has 1 heterocycles. The first-order valence-electron chi connectivity index (χ1n) is 7.32. The molecule has 1 aliphatic rings. The van der Waals surface area contributed by atoms with Crippen molar-refractivity contribution in [1.29, 1.82) is 0 Å². The molecule has 0 aromatic heterocycles. The molecule has 1 aliphatic heterocycles. The van der Waals surface area contributed by atoms with E-state index in [9.17, 15) is 4.79 Å². The van der Waals surface area contributed by atoms with Gasteiger partial charge in [-0.05, 0) is 42.5 Å². The standard InChI is InChI=1S/C17H15Cl2N3O2/c1-24-13-5-2-11(3-6-13)16(23)22-9-8-20-17(22)21-15-7-4-12(18)10-14(15)19/h2-7,10H,8-9H2,1H3,(H,20,21). The third-order valence-corrected chi connectivity index (χ3v) is 4.13. The minimum atomic E-state index is -0.133. The molecular formula is C17H15Cl2N3O2. The summed E-state index contributed by atoms with van der Waals surface area (Å²) in [5.41, 5.74) is 1.12. The molecule has 2 aromatic carbocycles. The lowest BCUT2D eigenvalue weighted by atomic mass is 10.2. The van der Waals surface area contributed by atoms with Crippen molar-refractivity contribution in [3.05, 3.63) is 58.1 Å². The highest BCUT2D eigenvalue weighted by atomic mass is 35.5. The van der Waals surface area contributed by atoms with Gasteiger partial charge in [-0.3, -0.25) is 9.69 Å². The van der Waals surface area contributed by atoms with E-state index in [1.54, 1.807) is 54.5 Å². The third-order valence-electron chi connectivity index (χ3n) is 3.59. The Bertz CT molecular complexity index is 791. The number of guanidine groups is 1. The van der Waals surface area contributed by atoms with Gasteiger partial charge < -0.3 is 10.1 Å². The number of halogens is 2. The van der Waals surface area contributed by atoms with Crippen molar-refractivity contribution in [2.75, 3.05) is 20.2 Å². The van der Waals surface area contributed by atoms with E-state index in [0.29, 0.717) is 46.1 Å². The molecule has 0 spiro atoms. The number of hydrogen-bond donors (Lipinski definition) is 1. The molecule has 0 aliphatic carbocycles. The van der Waals surface area contributed by atoms with E-state index in [1.807, 2.05) is 0 Å². The monoisotopic (exact) mass is 363 g/mol. The lowest BCUT2D eigenvalue weighted by molar-refractivity contribution is 0.0859. The van der Waals surface area contributed by atoms with E-state index in [4.69, 9.17) is 27.9 Å². The summed E-state index contributed by atoms with van der Waals surface area (Å²) >= 11 is 12.0. The number of methoxy groups -OCH3 is 1. The number of ether oxygens (including phenoxy) is 1. The lowest BCUT2D eigenvalue weighted by Gasteiger charge is -2.16. The van der Waals surface area contributed by atoms with E-state index >= 15 is 0 Å². The Hall–Kier alpha value is -2.24. The number of amides is 1. The van der Waals surface area contributed by atoms with Crippen LogP contribution in [0.3, 0.4) is 0 Å². The van der Waals surface area contributed by atoms with E-state index in [1.165, 1.54) is 0 Å². The lowest BCUT2D eigenvalue weighted by Crippen LogP contribution is -2.35. The highest BCUT2D eigenvalue weighted by Gasteiger charge is 2.26. The maximum absolute atomic E-state index is 12.7. The SMILES string of the molecule is COc1ccc(C(=O)N2CCNC2=Nc2ccc(Cl)cc2Cl)cc1. The van der Waals surface area contributed by atoms with Gasteiger partial charge in [0.1, 0.15) is 5.75 Å². The largest absolute Gasteiger partial charge is 0.497 e. The predicted molar refractivity (Wildman–Crippen MR) is 95.6 cm³/mol. The summed E-state index contributed by atoms with van der Waals surface area (Å²) in [4.78, 5) is 18.7. The van der Waals surface area contributed by atoms with Gasteiger partial charge in [-0.15, -0.1) is 0 Å². The topological polar surface area (TPSA) is 53.9 Å². The molecule has 0 unspecified atom stereocenters. The zero-order valence-corrected chi connectivity index (χ0v) is 14.4. The first-order valence-corrected chi connectivity index (χ1v) is 8.07. The van der Waals surface area contributed by atoms with Crippen LogP contribution in [0, 0.1) is 0 Å². The van der Waals surface area contributed by atoms with Gasteiger partial charge in [0.25, 0.3) is 5.91 Å². The first kappa shape index (κ1) is 16.6. The predicted octanol–water partition coefficient (Wildman–Crippen LogP) is 3.74. The van der Waals surface area contributed by atoms with Crippen LogP contribution >= 0.6 is 23.2 Å². The molecule has 1 N–H and O–H groups in total. The fourth-order valence-electron chi connectivity index (χ4n) is 2.35. The molecule has 1 fully saturated rings. The molecule has 0 atom stereocenters. The van der Waals surface area contributed by atoms with Gasteiger partial charge in [0, 0.05) is 23.7 Å². The number of nitrogens with zero attached hydrogens (tertiary/aromatic N) is 2. The van der Waals surface area contributed by atoms with Crippen LogP contribution in [0.25, 0.3) is 0 Å². The summed E-state index contributed by atoms with van der Waals surface area (Å²) in [7, 11) is 1.59. The molecule has 124 valence electrons. The molecule has 1 amide bonds. The van der Waals surface area contributed by atoms with Crippen molar-refractivity contribution < 1.29 is 9.53 Å². The molecule has 5 nitrogen and oxygen atoms in total. The molecule has 0 saturated carbocycles. The molecule has 1 saturated heterocycles. The number of hydrogen-bond acceptors (Lipinski definition) is 3. The van der Waals surface area contributed by atoms with Gasteiger partial charge in [-0.2, -0.15) is 0 Å². The molecule has 0 radical (unpaired) electrons. The van der Waals surface area contributed by atoms with Gasteiger partial charge in [-0.25, -0.2) is 4.99 Å². The average Bonchev–Trinajstić information content (AvgIpc) is 3.05. The van der Waals surface area contributed by atoms with E-state index in [0.717, 1.165) is 0 Å². The molecule has 7 heteroatoms. The fraction of sp³-hybridized carbons (Fsp3) is 0.176. The molecule has 24 heavy (non-hydrogen) atoms. The molecular weight excluding hydrogens is 349 g/mol. The zero-order chi connectivity index (χ0) is 17.1. The van der Waals surface area contributed by atoms with Crippen LogP contribution in [0.1, 0.15) is 10.4 Å². The second-order valence-electron chi connectivity index (χ2n) is 5.14. The number of aliphatic imine (C=N–C) groups is 1. The Morgan fingerprint density at radius 1 is 1.21 bits per heavy atom. The van der Waals surface area contributed by atoms with E-state index < -0.39 is 0 Å². The molecule has 2 aromatic rings. The maximum Gasteiger partial charge on any atom is 0.260 e. The summed E-state index contributed by atoms with van der Waals surface area (Å²) in [5.74, 6) is 1.04. The van der Waals surface area contributed by atoms with Crippen molar-refractivity contribution in [3.8, 4) is 5.75 Å². The Kier molecular flexibility index (Phi) is 4.92. The summed E-state index contributed by atoms with van der Waals surface area (Å²) < 4.78 is 5.11. The van der Waals surface area contributed by atoms with Crippen molar-refractivity contribution in [2.45, 2.75) is 0 Å². The Labute approximate surface area is 149 Å². The van der Waals surface area contributed by atoms with Gasteiger partial charge in [0.05, 0.1) is 17.8 Å². The number of carbonyl (C=O) groups is 1. The van der Waals surface area contributed by atoms with Crippen molar-refractivity contribution in [3.63, 3.8) is 0 Å². The van der Waals surface area contributed by atoms with Gasteiger partial charge in [0.15, 0.2) is 0 Å². The highest BCUT2D eigenvalue weighted by Crippen LogP contribution is 2.28. The Morgan fingerprint density at radius 2 is 1.96 bits per heavy atom. The van der Waals surface area contributed by atoms with Gasteiger partial charge >= 0.3 is 0 Å². The van der Waals surface area contributed by atoms with Crippen molar-refractivity contribution in [2.24, 2.45) is 4.99 Å². The minimum Gasteiger partial charge on any atom is -0.497 e. The van der Waals surface area contributed by atoms with Crippen LogP contribution in [0.5, 0.6) is 5.75 Å². The number of carbonyl (C=O) groups excluding carboxylic acids is 1. The fourth-order valence-corrected chi connectivity index (χ4v) is 2.80. The first-order chi connectivity index (χ1) is 11.6. The quantitative estimate of drug-likeness (QED) is 0.903. The van der Waals surface area contributed by atoms with Crippen LogP contribution < -0.4 is 10.1 Å². The molecule has 0 bridgehead atoms. The summed E-state index contributed by atoms with van der Waals surface area (Å²) in [6, 6.07) is 12.0. The van der Waals surface area contributed by atoms with Crippen LogP contribution in [-0.2, 0) is 0 Å². The van der Waals surface area contributed by atoms with E-state index in [-0.39, 0.29) is 5.91 Å². The number of nitrogens with one attached hydrogen (secondary N) is 1. The third kappa shape index (κ3) is 3.47. The van der Waals surface area contributed by atoms with Gasteiger partial charge in [0.2, 0.25) is 5.96 Å². The number of rotatable bonds is 3. The summed E-state index contributed by atoms with van der Waals surface area (Å²) in [6.07, 6.45) is 0. The number of benzene rings is 2. The second-order valence-corrected chi connectivity index (χ2v) is 5.99. The Balaban J connectivity index is 1.86. The van der Waals surface area contributed by atoms with Crippen LogP contribution in [0.2, 0.25) is 10.0 Å². The van der Waals surface area contributed by atoms with E-state index in [2.05, 4.69) is 10.3 Å². The maximum atomic E-state index is 12.7. The highest BCUT2D eigenvalue weighted by molar-refractivity contribution is 6.36. The van der Waals surface area contributed by atoms with Crippen molar-refractivity contribution >= 4 is 40.8 Å². The van der Waals surface area contributed by atoms with Gasteiger partial charge in [-0.1, -0.05) is 23.2 Å². The van der Waals surface area contributed by atoms with Crippen LogP contribution in [-0.4, -0.2) is 37.0 Å². The Morgan fingerprint density at radius 3 is 2.62 bits per heavy atom. The summed E-state index contributed by atoms with van der Waals surface area (Å²) in [6.45, 7) is 1.17. The van der Waals surface area contributed by atoms with Crippen LogP contribution in [0.15, 0.2) is 47.5 Å². The smallest absolute Gasteiger partial charge is 0.260 e. The molecule has 3 rings (SSSR count).